The first-order valence-corrected chi connectivity index (χ1v) is 6.95. The molecule has 0 atom stereocenters. The molecule has 1 heterocycles. The molecule has 0 aromatic carbocycles. The molecule has 3 nitrogen and oxygen atoms in total. The summed E-state index contributed by atoms with van der Waals surface area (Å²) >= 11 is 1.72. The van der Waals surface area contributed by atoms with Crippen LogP contribution in [-0.4, -0.2) is 42.9 Å². The Morgan fingerprint density at radius 2 is 2.33 bits per heavy atom. The van der Waals surface area contributed by atoms with E-state index in [1.54, 1.807) is 18.4 Å². The van der Waals surface area contributed by atoms with Gasteiger partial charge in [-0.05, 0) is 26.0 Å². The molecule has 1 aliphatic carbocycles. The van der Waals surface area contributed by atoms with Gasteiger partial charge >= 0.3 is 0 Å². The normalized spacial score (nSPS) is 16.4. The number of methoxy groups -OCH3 is 1. The first-order valence-electron chi connectivity index (χ1n) is 6.07. The van der Waals surface area contributed by atoms with Gasteiger partial charge in [0.1, 0.15) is 6.61 Å². The highest BCUT2D eigenvalue weighted by atomic mass is 32.1. The van der Waals surface area contributed by atoms with E-state index in [0.29, 0.717) is 0 Å². The molecule has 18 heavy (non-hydrogen) atoms. The van der Waals surface area contributed by atoms with Crippen molar-refractivity contribution >= 4 is 11.3 Å². The minimum Gasteiger partial charge on any atom is -0.384 e. The molecule has 0 unspecified atom stereocenters. The monoisotopic (exact) mass is 265 g/mol. The number of thiophene rings is 1. The second kappa shape index (κ2) is 5.85. The van der Waals surface area contributed by atoms with Crippen molar-refractivity contribution in [3.63, 3.8) is 0 Å². The van der Waals surface area contributed by atoms with E-state index in [9.17, 15) is 0 Å². The third-order valence-electron chi connectivity index (χ3n) is 3.41. The van der Waals surface area contributed by atoms with Crippen molar-refractivity contribution in [2.45, 2.75) is 24.9 Å². The molecule has 0 aliphatic heterocycles. The maximum absolute atomic E-state index is 8.66. The van der Waals surface area contributed by atoms with Crippen LogP contribution >= 0.6 is 11.3 Å². The molecule has 0 amide bonds. The van der Waals surface area contributed by atoms with Gasteiger partial charge in [0.2, 0.25) is 0 Å². The third kappa shape index (κ3) is 3.12. The Morgan fingerprint density at radius 1 is 1.56 bits per heavy atom. The molecule has 1 aromatic rings. The summed E-state index contributed by atoms with van der Waals surface area (Å²) in [6.07, 6.45) is 2.44. The van der Waals surface area contributed by atoms with Gasteiger partial charge < -0.3 is 9.84 Å². The van der Waals surface area contributed by atoms with Gasteiger partial charge in [0.05, 0.1) is 6.61 Å². The summed E-state index contributed by atoms with van der Waals surface area (Å²) in [6.45, 7) is 1.67. The zero-order chi connectivity index (χ0) is 13.0. The number of hydrogen-bond donors (Lipinski definition) is 1. The van der Waals surface area contributed by atoms with E-state index < -0.39 is 0 Å². The smallest absolute Gasteiger partial charge is 0.104 e. The highest BCUT2D eigenvalue weighted by molar-refractivity contribution is 7.10. The van der Waals surface area contributed by atoms with Gasteiger partial charge in [-0.3, -0.25) is 4.90 Å². The predicted octanol–water partition coefficient (Wildman–Crippen LogP) is 1.70. The van der Waals surface area contributed by atoms with Crippen LogP contribution in [-0.2, 0) is 11.3 Å². The molecule has 1 N–H and O–H groups in total. The van der Waals surface area contributed by atoms with E-state index in [-0.39, 0.29) is 12.1 Å². The summed E-state index contributed by atoms with van der Waals surface area (Å²) in [7, 11) is 3.92. The Morgan fingerprint density at radius 3 is 2.94 bits per heavy atom. The lowest BCUT2D eigenvalue weighted by molar-refractivity contribution is 0.0878. The van der Waals surface area contributed by atoms with Crippen LogP contribution in [0.2, 0.25) is 0 Å². The van der Waals surface area contributed by atoms with Gasteiger partial charge in [0.15, 0.2) is 0 Å². The molecule has 0 bridgehead atoms. The zero-order valence-electron chi connectivity index (χ0n) is 10.9. The van der Waals surface area contributed by atoms with Crippen LogP contribution in [0.15, 0.2) is 11.4 Å². The number of rotatable bonds is 5. The van der Waals surface area contributed by atoms with Crippen molar-refractivity contribution in [3.8, 4) is 11.8 Å². The molecule has 4 heteroatoms. The minimum absolute atomic E-state index is 0.0813. The van der Waals surface area contributed by atoms with Crippen LogP contribution in [0.25, 0.3) is 0 Å². The van der Waals surface area contributed by atoms with E-state index in [0.717, 1.165) is 18.7 Å². The molecule has 98 valence electrons. The van der Waals surface area contributed by atoms with E-state index >= 15 is 0 Å². The Labute approximate surface area is 112 Å². The highest BCUT2D eigenvalue weighted by Gasteiger charge is 2.46. The lowest BCUT2D eigenvalue weighted by Crippen LogP contribution is -2.36. The second-order valence-corrected chi connectivity index (χ2v) is 5.77. The van der Waals surface area contributed by atoms with Crippen molar-refractivity contribution in [2.75, 3.05) is 27.4 Å². The first-order chi connectivity index (χ1) is 8.70. The van der Waals surface area contributed by atoms with Crippen LogP contribution in [0.3, 0.4) is 0 Å². The minimum atomic E-state index is -0.0813. The predicted molar refractivity (Wildman–Crippen MR) is 73.6 cm³/mol. The van der Waals surface area contributed by atoms with E-state index in [1.165, 1.54) is 17.7 Å². The van der Waals surface area contributed by atoms with Crippen LogP contribution in [0.5, 0.6) is 0 Å². The molecule has 1 fully saturated rings. The van der Waals surface area contributed by atoms with Gasteiger partial charge in [0, 0.05) is 35.0 Å². The Kier molecular flexibility index (Phi) is 4.41. The van der Waals surface area contributed by atoms with Gasteiger partial charge in [-0.2, -0.15) is 0 Å². The number of aliphatic hydroxyl groups is 1. The van der Waals surface area contributed by atoms with Crippen LogP contribution in [0.1, 0.15) is 23.3 Å². The Bertz CT molecular complexity index is 454. The first kappa shape index (κ1) is 13.6. The van der Waals surface area contributed by atoms with Crippen molar-refractivity contribution in [1.82, 2.24) is 4.90 Å². The molecule has 1 aromatic heterocycles. The number of nitrogens with zero attached hydrogens (tertiary/aromatic N) is 1. The summed E-state index contributed by atoms with van der Waals surface area (Å²) in [5.41, 5.74) is 1.25. The summed E-state index contributed by atoms with van der Waals surface area (Å²) in [4.78, 5) is 3.69. The van der Waals surface area contributed by atoms with Gasteiger partial charge in [0.25, 0.3) is 0 Å². The standard InChI is InChI=1S/C14H19NO2S/c1-15(14(5-6-14)11-17-2)9-13-8-12(10-18-13)4-3-7-16/h8,10,16H,5-7,9,11H2,1-2H3. The third-order valence-corrected chi connectivity index (χ3v) is 4.33. The highest BCUT2D eigenvalue weighted by Crippen LogP contribution is 2.42. The maximum atomic E-state index is 8.66. The molecule has 1 saturated carbocycles. The number of ether oxygens (including phenoxy) is 1. The molecule has 2 rings (SSSR count). The molecular weight excluding hydrogens is 246 g/mol. The zero-order valence-corrected chi connectivity index (χ0v) is 11.7. The van der Waals surface area contributed by atoms with E-state index in [2.05, 4.69) is 29.9 Å². The molecule has 1 aliphatic rings. The maximum Gasteiger partial charge on any atom is 0.104 e. The average Bonchev–Trinajstić information content (AvgIpc) is 3.01. The van der Waals surface area contributed by atoms with Crippen molar-refractivity contribution in [2.24, 2.45) is 0 Å². The Hall–Kier alpha value is -0.860. The molecule has 0 radical (unpaired) electrons. The van der Waals surface area contributed by atoms with Crippen molar-refractivity contribution < 1.29 is 9.84 Å². The van der Waals surface area contributed by atoms with Crippen molar-refractivity contribution in [3.05, 3.63) is 21.9 Å². The largest absolute Gasteiger partial charge is 0.384 e. The van der Waals surface area contributed by atoms with Gasteiger partial charge in [-0.25, -0.2) is 0 Å². The number of hydrogen-bond acceptors (Lipinski definition) is 4. The van der Waals surface area contributed by atoms with Gasteiger partial charge in [-0.1, -0.05) is 11.8 Å². The lowest BCUT2D eigenvalue weighted by Gasteiger charge is -2.26. The molecular formula is C14H19NO2S. The molecule has 0 spiro atoms. The van der Waals surface area contributed by atoms with Crippen LogP contribution in [0, 0.1) is 11.8 Å². The summed E-state index contributed by atoms with van der Waals surface area (Å²) < 4.78 is 5.30. The number of aliphatic hydroxyl groups excluding tert-OH is 1. The summed E-state index contributed by atoms with van der Waals surface area (Å²) in [5.74, 6) is 5.61. The fourth-order valence-corrected chi connectivity index (χ4v) is 2.99. The molecule has 0 saturated heterocycles. The van der Waals surface area contributed by atoms with Crippen LogP contribution in [0.4, 0.5) is 0 Å². The number of likely N-dealkylation sites (N-methyl/N-ethyl adjacent to an activating group) is 1. The lowest BCUT2D eigenvalue weighted by atomic mass is 10.2. The van der Waals surface area contributed by atoms with Gasteiger partial charge in [-0.15, -0.1) is 11.3 Å². The van der Waals surface area contributed by atoms with Crippen molar-refractivity contribution in [1.29, 1.82) is 0 Å². The Balaban J connectivity index is 1.95. The van der Waals surface area contributed by atoms with E-state index in [1.807, 2.05) is 5.38 Å². The average molecular weight is 265 g/mol. The SMILES string of the molecule is COCC1(N(C)Cc2cc(C#CCO)cs2)CC1. The summed E-state index contributed by atoms with van der Waals surface area (Å²) in [6, 6.07) is 2.10. The topological polar surface area (TPSA) is 32.7 Å². The van der Waals surface area contributed by atoms with Crippen LogP contribution < -0.4 is 0 Å². The summed E-state index contributed by atoms with van der Waals surface area (Å²) in [5, 5.41) is 10.7. The fourth-order valence-electron chi connectivity index (χ4n) is 2.12. The van der Waals surface area contributed by atoms with E-state index in [4.69, 9.17) is 9.84 Å². The quantitative estimate of drug-likeness (QED) is 0.823. The fraction of sp³-hybridized carbons (Fsp3) is 0.571. The second-order valence-electron chi connectivity index (χ2n) is 4.78.